The van der Waals surface area contributed by atoms with Gasteiger partial charge < -0.3 is 20.3 Å². The van der Waals surface area contributed by atoms with Crippen molar-refractivity contribution < 1.29 is 4.74 Å². The van der Waals surface area contributed by atoms with E-state index in [0.717, 1.165) is 51.6 Å². The van der Waals surface area contributed by atoms with Crippen LogP contribution in [-0.4, -0.2) is 67.3 Å². The van der Waals surface area contributed by atoms with Gasteiger partial charge in [0.2, 0.25) is 0 Å². The normalized spacial score (nSPS) is 24.0. The summed E-state index contributed by atoms with van der Waals surface area (Å²) in [5, 5.41) is 8.34. The molecule has 5 nitrogen and oxygen atoms in total. The molecule has 28 heavy (non-hydrogen) atoms. The predicted octanol–water partition coefficient (Wildman–Crippen LogP) is 3.29. The summed E-state index contributed by atoms with van der Waals surface area (Å²) in [6, 6.07) is 11.0. The molecule has 6 heteroatoms. The number of ether oxygens (including phenoxy) is 1. The second-order valence-corrected chi connectivity index (χ2v) is 9.33. The number of nitrogens with zero attached hydrogens (tertiary/aromatic N) is 2. The molecule has 0 aliphatic carbocycles. The molecule has 2 unspecified atom stereocenters. The van der Waals surface area contributed by atoms with Gasteiger partial charge in [-0.25, -0.2) is 0 Å². The van der Waals surface area contributed by atoms with Crippen LogP contribution in [0.5, 0.6) is 0 Å². The number of hydrogen-bond acceptors (Lipinski definition) is 4. The molecule has 0 spiro atoms. The van der Waals surface area contributed by atoms with Crippen molar-refractivity contribution in [3.63, 3.8) is 0 Å². The van der Waals surface area contributed by atoms with Gasteiger partial charge >= 0.3 is 0 Å². The average molecular weight is 405 g/mol. The summed E-state index contributed by atoms with van der Waals surface area (Å²) >= 11 is 2.09. The Labute approximate surface area is 174 Å². The highest BCUT2D eigenvalue weighted by Gasteiger charge is 2.34. The Morgan fingerprint density at radius 2 is 2.07 bits per heavy atom. The minimum atomic E-state index is 0.0259. The van der Waals surface area contributed by atoms with Gasteiger partial charge in [-0.1, -0.05) is 37.3 Å². The highest BCUT2D eigenvalue weighted by molar-refractivity contribution is 8.00. The molecule has 2 saturated heterocycles. The number of hydrogen-bond donors (Lipinski definition) is 2. The minimum Gasteiger partial charge on any atom is -0.381 e. The lowest BCUT2D eigenvalue weighted by Gasteiger charge is -2.42. The summed E-state index contributed by atoms with van der Waals surface area (Å²) < 4.78 is 5.68. The van der Waals surface area contributed by atoms with Gasteiger partial charge in [0.15, 0.2) is 5.96 Å². The number of benzene rings is 1. The van der Waals surface area contributed by atoms with Crippen molar-refractivity contribution in [2.45, 2.75) is 49.9 Å². The Kier molecular flexibility index (Phi) is 8.06. The van der Waals surface area contributed by atoms with Gasteiger partial charge in [0.25, 0.3) is 0 Å². The summed E-state index contributed by atoms with van der Waals surface area (Å²) in [7, 11) is 1.90. The van der Waals surface area contributed by atoms with Gasteiger partial charge in [-0.3, -0.25) is 4.99 Å². The molecular formula is C22H36N4OS. The van der Waals surface area contributed by atoms with E-state index in [1.165, 1.54) is 17.7 Å². The summed E-state index contributed by atoms with van der Waals surface area (Å²) in [6.45, 7) is 9.20. The van der Waals surface area contributed by atoms with Crippen LogP contribution in [0.4, 0.5) is 0 Å². The van der Waals surface area contributed by atoms with Crippen LogP contribution in [0.2, 0.25) is 0 Å². The number of rotatable bonds is 6. The SMILES string of the molecule is CCC1CN(C(=NC)NCC2(NC(C)c3ccccc3)CCOCC2)CCS1. The van der Waals surface area contributed by atoms with E-state index in [-0.39, 0.29) is 5.54 Å². The van der Waals surface area contributed by atoms with Crippen molar-refractivity contribution >= 4 is 17.7 Å². The molecule has 0 aromatic heterocycles. The van der Waals surface area contributed by atoms with E-state index >= 15 is 0 Å². The van der Waals surface area contributed by atoms with Gasteiger partial charge in [-0.15, -0.1) is 0 Å². The number of guanidine groups is 1. The van der Waals surface area contributed by atoms with E-state index in [2.05, 4.69) is 76.5 Å². The maximum absolute atomic E-state index is 5.68. The summed E-state index contributed by atoms with van der Waals surface area (Å²) in [4.78, 5) is 7.03. The Hall–Kier alpha value is -1.24. The zero-order valence-corrected chi connectivity index (χ0v) is 18.4. The van der Waals surface area contributed by atoms with E-state index in [1.807, 2.05) is 7.05 Å². The quantitative estimate of drug-likeness (QED) is 0.563. The monoisotopic (exact) mass is 404 g/mol. The smallest absolute Gasteiger partial charge is 0.193 e. The topological polar surface area (TPSA) is 48.9 Å². The molecule has 3 rings (SSSR count). The fraction of sp³-hybridized carbons (Fsp3) is 0.682. The van der Waals surface area contributed by atoms with Crippen molar-refractivity contribution in [1.82, 2.24) is 15.5 Å². The van der Waals surface area contributed by atoms with E-state index in [0.29, 0.717) is 11.3 Å². The standard InChI is InChI=1S/C22H36N4OS/c1-4-20-16-26(12-15-28-20)21(23-3)24-17-22(10-13-27-14-11-22)25-18(2)19-8-6-5-7-9-19/h5-9,18,20,25H,4,10-17H2,1-3H3,(H,23,24). The molecule has 0 bridgehead atoms. The lowest BCUT2D eigenvalue weighted by atomic mass is 9.88. The van der Waals surface area contributed by atoms with Crippen molar-refractivity contribution in [3.05, 3.63) is 35.9 Å². The zero-order valence-electron chi connectivity index (χ0n) is 17.6. The predicted molar refractivity (Wildman–Crippen MR) is 120 cm³/mol. The molecular weight excluding hydrogens is 368 g/mol. The Morgan fingerprint density at radius 3 is 2.75 bits per heavy atom. The maximum atomic E-state index is 5.68. The minimum absolute atomic E-state index is 0.0259. The first kappa shape index (κ1) is 21.5. The molecule has 1 aromatic rings. The van der Waals surface area contributed by atoms with Crippen molar-refractivity contribution in [1.29, 1.82) is 0 Å². The van der Waals surface area contributed by atoms with Gasteiger partial charge in [0, 0.05) is 62.5 Å². The first-order valence-electron chi connectivity index (χ1n) is 10.6. The molecule has 2 aliphatic rings. The maximum Gasteiger partial charge on any atom is 0.193 e. The molecule has 0 radical (unpaired) electrons. The third-order valence-electron chi connectivity index (χ3n) is 5.96. The molecule has 0 amide bonds. The third-order valence-corrected chi connectivity index (χ3v) is 7.33. The molecule has 2 aliphatic heterocycles. The molecule has 156 valence electrons. The van der Waals surface area contributed by atoms with Gasteiger partial charge in [-0.2, -0.15) is 11.8 Å². The van der Waals surface area contributed by atoms with Crippen LogP contribution >= 0.6 is 11.8 Å². The van der Waals surface area contributed by atoms with Crippen LogP contribution in [0, 0.1) is 0 Å². The van der Waals surface area contributed by atoms with Crippen molar-refractivity contribution in [2.75, 3.05) is 45.6 Å². The van der Waals surface area contributed by atoms with Crippen LogP contribution in [0.15, 0.2) is 35.3 Å². The summed E-state index contributed by atoms with van der Waals surface area (Å²) in [5.41, 5.74) is 1.36. The van der Waals surface area contributed by atoms with Gasteiger partial charge in [-0.05, 0) is 31.7 Å². The number of thioether (sulfide) groups is 1. The first-order valence-corrected chi connectivity index (χ1v) is 11.7. The van der Waals surface area contributed by atoms with Crippen LogP contribution in [0.25, 0.3) is 0 Å². The molecule has 0 saturated carbocycles. The largest absolute Gasteiger partial charge is 0.381 e. The van der Waals surface area contributed by atoms with Crippen LogP contribution in [0.1, 0.15) is 44.7 Å². The van der Waals surface area contributed by atoms with Crippen molar-refractivity contribution in [3.8, 4) is 0 Å². The lowest BCUT2D eigenvalue weighted by molar-refractivity contribution is 0.0352. The number of nitrogens with one attached hydrogen (secondary N) is 2. The molecule has 2 N–H and O–H groups in total. The van der Waals surface area contributed by atoms with Gasteiger partial charge in [0.05, 0.1) is 0 Å². The highest BCUT2D eigenvalue weighted by Crippen LogP contribution is 2.26. The third kappa shape index (κ3) is 5.65. The fourth-order valence-corrected chi connectivity index (χ4v) is 5.34. The van der Waals surface area contributed by atoms with E-state index < -0.39 is 0 Å². The highest BCUT2D eigenvalue weighted by atomic mass is 32.2. The van der Waals surface area contributed by atoms with Crippen LogP contribution in [0.3, 0.4) is 0 Å². The second kappa shape index (κ2) is 10.5. The number of aliphatic imine (C=N–C) groups is 1. The summed E-state index contributed by atoms with van der Waals surface area (Å²) in [5.74, 6) is 2.22. The molecule has 1 aromatic carbocycles. The second-order valence-electron chi connectivity index (χ2n) is 7.92. The fourth-order valence-electron chi connectivity index (χ4n) is 4.16. The van der Waals surface area contributed by atoms with Crippen LogP contribution < -0.4 is 10.6 Å². The lowest BCUT2D eigenvalue weighted by Crippen LogP contribution is -2.59. The Bertz CT molecular complexity index is 618. The summed E-state index contributed by atoms with van der Waals surface area (Å²) in [6.07, 6.45) is 3.25. The molecule has 2 heterocycles. The van der Waals surface area contributed by atoms with E-state index in [1.54, 1.807) is 0 Å². The van der Waals surface area contributed by atoms with Crippen LogP contribution in [-0.2, 0) is 4.74 Å². The first-order chi connectivity index (χ1) is 13.7. The van der Waals surface area contributed by atoms with E-state index in [4.69, 9.17) is 4.74 Å². The van der Waals surface area contributed by atoms with Crippen molar-refractivity contribution in [2.24, 2.45) is 4.99 Å². The Morgan fingerprint density at radius 1 is 1.32 bits per heavy atom. The van der Waals surface area contributed by atoms with E-state index in [9.17, 15) is 0 Å². The molecule has 2 fully saturated rings. The van der Waals surface area contributed by atoms with Gasteiger partial charge in [0.1, 0.15) is 0 Å². The Balaban J connectivity index is 1.64. The zero-order chi connectivity index (χ0) is 19.8. The molecule has 2 atom stereocenters. The average Bonchev–Trinajstić information content (AvgIpc) is 2.75.